The molecule has 0 aliphatic rings. The lowest BCUT2D eigenvalue weighted by Crippen LogP contribution is -2.06. The van der Waals surface area contributed by atoms with Crippen molar-refractivity contribution in [2.24, 2.45) is 0 Å². The van der Waals surface area contributed by atoms with Crippen molar-refractivity contribution in [3.63, 3.8) is 0 Å². The quantitative estimate of drug-likeness (QED) is 0.0879. The van der Waals surface area contributed by atoms with Gasteiger partial charge in [0.05, 0.1) is 0 Å². The lowest BCUT2D eigenvalue weighted by Gasteiger charge is -2.14. The van der Waals surface area contributed by atoms with E-state index in [9.17, 15) is 9.59 Å². The molecule has 394 valence electrons. The number of hydrogen-bond donors (Lipinski definition) is 0. The van der Waals surface area contributed by atoms with Crippen molar-refractivity contribution in [2.75, 3.05) is 0 Å². The van der Waals surface area contributed by atoms with Crippen molar-refractivity contribution in [1.29, 1.82) is 0 Å². The molecule has 68 heavy (non-hydrogen) atoms. The van der Waals surface area contributed by atoms with E-state index in [1.807, 2.05) is 124 Å². The maximum Gasteiger partial charge on any atom is 0.193 e. The van der Waals surface area contributed by atoms with Gasteiger partial charge in [-0.1, -0.05) is 306 Å². The minimum atomic E-state index is 0. The molecule has 0 spiro atoms. The van der Waals surface area contributed by atoms with Crippen LogP contribution in [-0.2, 0) is 0 Å². The van der Waals surface area contributed by atoms with Crippen molar-refractivity contribution in [3.8, 4) is 0 Å². The second-order valence-electron chi connectivity index (χ2n) is 17.0. The molecule has 0 heterocycles. The van der Waals surface area contributed by atoms with Crippen LogP contribution in [0.3, 0.4) is 0 Å². The van der Waals surface area contributed by atoms with Crippen LogP contribution in [0.2, 0.25) is 0 Å². The molecule has 0 saturated heterocycles. The first-order valence-electron chi connectivity index (χ1n) is 27.0. The number of rotatable bonds is 15. The van der Waals surface area contributed by atoms with Crippen LogP contribution < -0.4 is 0 Å². The Morgan fingerprint density at radius 1 is 0.382 bits per heavy atom. The van der Waals surface area contributed by atoms with E-state index in [4.69, 9.17) is 0 Å². The lowest BCUT2D eigenvalue weighted by molar-refractivity contribution is 0.102. The second kappa shape index (κ2) is 55.8. The number of unbranched alkanes of at least 4 members (excludes halogenated alkanes) is 8. The van der Waals surface area contributed by atoms with Crippen molar-refractivity contribution in [3.05, 3.63) is 140 Å². The second-order valence-corrected chi connectivity index (χ2v) is 17.0. The Labute approximate surface area is 428 Å². The normalized spacial score (nSPS) is 9.44. The summed E-state index contributed by atoms with van der Waals surface area (Å²) in [6.07, 6.45) is 19.9. The van der Waals surface area contributed by atoms with Gasteiger partial charge in [0.1, 0.15) is 0 Å². The van der Waals surface area contributed by atoms with Crippen LogP contribution in [-0.4, -0.2) is 11.6 Å². The van der Waals surface area contributed by atoms with Gasteiger partial charge in [-0.3, -0.25) is 9.59 Å². The van der Waals surface area contributed by atoms with Crippen LogP contribution in [0.1, 0.15) is 299 Å². The van der Waals surface area contributed by atoms with E-state index in [2.05, 4.69) is 107 Å². The molecule has 0 amide bonds. The Kier molecular flexibility index (Phi) is 64.3. The molecule has 4 aromatic rings. The van der Waals surface area contributed by atoms with E-state index in [1.165, 1.54) is 113 Å². The summed E-state index contributed by atoms with van der Waals surface area (Å²) in [7, 11) is 0. The maximum atomic E-state index is 12.7. The van der Waals surface area contributed by atoms with Gasteiger partial charge in [-0.05, 0) is 81.7 Å². The van der Waals surface area contributed by atoms with Crippen LogP contribution in [0.15, 0.2) is 78.9 Å². The van der Waals surface area contributed by atoms with Crippen molar-refractivity contribution < 1.29 is 9.59 Å². The zero-order valence-corrected chi connectivity index (χ0v) is 48.0. The van der Waals surface area contributed by atoms with Crippen molar-refractivity contribution in [1.82, 2.24) is 0 Å². The number of ketones is 2. The van der Waals surface area contributed by atoms with Gasteiger partial charge in [0.25, 0.3) is 0 Å². The third-order valence-electron chi connectivity index (χ3n) is 10.3. The Hall–Kier alpha value is -3.78. The van der Waals surface area contributed by atoms with Crippen LogP contribution >= 0.6 is 0 Å². The van der Waals surface area contributed by atoms with E-state index in [0.29, 0.717) is 5.92 Å². The predicted molar refractivity (Wildman–Crippen MR) is 317 cm³/mol. The largest absolute Gasteiger partial charge is 0.289 e. The first-order valence-corrected chi connectivity index (χ1v) is 27.0. The molecule has 0 fully saturated rings. The zero-order valence-electron chi connectivity index (χ0n) is 48.0. The van der Waals surface area contributed by atoms with Crippen LogP contribution in [0.5, 0.6) is 0 Å². The van der Waals surface area contributed by atoms with Crippen molar-refractivity contribution >= 4 is 11.6 Å². The fraction of sp³-hybridized carbons (Fsp3) is 0.606. The van der Waals surface area contributed by atoms with Gasteiger partial charge in [-0.15, -0.1) is 0 Å². The molecule has 4 aromatic carbocycles. The fourth-order valence-electron chi connectivity index (χ4n) is 6.31. The van der Waals surface area contributed by atoms with E-state index >= 15 is 0 Å². The van der Waals surface area contributed by atoms with Crippen LogP contribution in [0, 0.1) is 41.5 Å². The Morgan fingerprint density at radius 2 is 0.691 bits per heavy atom. The summed E-state index contributed by atoms with van der Waals surface area (Å²) in [6.45, 7) is 46.5. The summed E-state index contributed by atoms with van der Waals surface area (Å²) < 4.78 is 0. The topological polar surface area (TPSA) is 34.1 Å². The number of carbonyl (C=O) groups excluding carboxylic acids is 2. The molecule has 0 bridgehead atoms. The summed E-state index contributed by atoms with van der Waals surface area (Å²) in [4.78, 5) is 25.2. The van der Waals surface area contributed by atoms with Gasteiger partial charge >= 0.3 is 0 Å². The van der Waals surface area contributed by atoms with Crippen molar-refractivity contribution in [2.45, 2.75) is 269 Å². The summed E-state index contributed by atoms with van der Waals surface area (Å²) in [5.74, 6) is 0.793. The molecule has 1 atom stereocenters. The fourth-order valence-corrected chi connectivity index (χ4v) is 6.31. The molecule has 0 aliphatic carbocycles. The standard InChI is InChI=1S/C20H24O.C17H18O.C6H14.2C5H12.C4H10.C3H8.2C2H6.2CH4/c1-5-8-14(2)17-11-12-19(16(4)13-17)20(21)18-10-7-6-9-15(18)3;1-11-5-7-15(13(3)9-11)17(18)16-8-6-12(2)10-14(16)4;1-3-5-6-4-2;2*1-3-5-4-2;1-3-4-2;1-3-2;2*1-2;;/h6-7,9-14H,5,8H2,1-4H3;5-10H,1-4H3;3-6H2,1-2H3;2*3-5H2,1-2H3;3-4H2,1-2H3;3H2,1-2H3;2*1-2H3;2*1H4. The first-order chi connectivity index (χ1) is 31.6. The maximum absolute atomic E-state index is 12.7. The van der Waals surface area contributed by atoms with Gasteiger partial charge in [0, 0.05) is 22.3 Å². The summed E-state index contributed by atoms with van der Waals surface area (Å²) >= 11 is 0. The van der Waals surface area contributed by atoms with E-state index < -0.39 is 0 Å². The Morgan fingerprint density at radius 3 is 0.956 bits per heavy atom. The Bertz CT molecular complexity index is 1620. The number of aryl methyl sites for hydroxylation is 6. The molecular weight excluding hydrogens is 825 g/mol. The smallest absolute Gasteiger partial charge is 0.193 e. The van der Waals surface area contributed by atoms with Gasteiger partial charge in [0.2, 0.25) is 0 Å². The Balaban J connectivity index is -0.000000142. The third-order valence-corrected chi connectivity index (χ3v) is 10.3. The summed E-state index contributed by atoms with van der Waals surface area (Å²) in [6, 6.07) is 26.0. The lowest BCUT2D eigenvalue weighted by atomic mass is 9.90. The summed E-state index contributed by atoms with van der Waals surface area (Å²) in [5.41, 5.74) is 11.1. The highest BCUT2D eigenvalue weighted by Gasteiger charge is 2.16. The van der Waals surface area contributed by atoms with Gasteiger partial charge in [-0.25, -0.2) is 0 Å². The van der Waals surface area contributed by atoms with Gasteiger partial charge < -0.3 is 0 Å². The molecule has 0 saturated carbocycles. The third kappa shape index (κ3) is 39.1. The first kappa shape index (κ1) is 78.4. The molecule has 1 unspecified atom stereocenters. The highest BCUT2D eigenvalue weighted by atomic mass is 16.1. The zero-order chi connectivity index (χ0) is 51.9. The molecule has 0 aliphatic heterocycles. The number of hydrogen-bond acceptors (Lipinski definition) is 2. The number of carbonyl (C=O) groups is 2. The minimum absolute atomic E-state index is 0. The molecular formula is C66H118O2. The van der Waals surface area contributed by atoms with E-state index in [1.54, 1.807) is 0 Å². The SMILES string of the molecule is C.C.CC.CC.CCC.CCCC.CCCC(C)c1ccc(C(=O)c2ccccc2C)c(C)c1.CCCCC.CCCCC.CCCCCC.Cc1ccc(C(=O)c2ccc(C)cc2C)c(C)c1. The molecule has 2 nitrogen and oxygen atoms in total. The molecule has 2 heteroatoms. The highest BCUT2D eigenvalue weighted by molar-refractivity contribution is 6.11. The van der Waals surface area contributed by atoms with E-state index in [0.717, 1.165) is 44.5 Å². The molecule has 4 rings (SSSR count). The van der Waals surface area contributed by atoms with Gasteiger partial charge in [-0.2, -0.15) is 0 Å². The molecule has 0 radical (unpaired) electrons. The summed E-state index contributed by atoms with van der Waals surface area (Å²) in [5, 5.41) is 0. The average molecular weight is 944 g/mol. The van der Waals surface area contributed by atoms with Crippen LogP contribution in [0.4, 0.5) is 0 Å². The molecule has 0 N–H and O–H groups in total. The van der Waals surface area contributed by atoms with E-state index in [-0.39, 0.29) is 26.4 Å². The monoisotopic (exact) mass is 943 g/mol. The molecule has 0 aromatic heterocycles. The van der Waals surface area contributed by atoms with Crippen LogP contribution in [0.25, 0.3) is 0 Å². The average Bonchev–Trinajstić information content (AvgIpc) is 3.31. The minimum Gasteiger partial charge on any atom is -0.289 e. The predicted octanol–water partition coefficient (Wildman–Crippen LogP) is 23.1. The highest BCUT2D eigenvalue weighted by Crippen LogP contribution is 2.25. The van der Waals surface area contributed by atoms with Gasteiger partial charge in [0.15, 0.2) is 11.6 Å². The number of benzene rings is 4.